The van der Waals surface area contributed by atoms with Crippen LogP contribution in [0.15, 0.2) is 18.2 Å². The minimum absolute atomic E-state index is 0.395. The van der Waals surface area contributed by atoms with E-state index in [0.717, 1.165) is 0 Å². The first kappa shape index (κ1) is 16.8. The summed E-state index contributed by atoms with van der Waals surface area (Å²) >= 11 is 12.2. The minimum atomic E-state index is -3.27. The molecule has 1 atom stereocenters. The van der Waals surface area contributed by atoms with E-state index in [1.54, 1.807) is 32.0 Å². The van der Waals surface area contributed by atoms with E-state index in [1.165, 1.54) is 6.26 Å². The second kappa shape index (κ2) is 6.00. The van der Waals surface area contributed by atoms with Gasteiger partial charge in [0.05, 0.1) is 20.8 Å². The van der Waals surface area contributed by atoms with Gasteiger partial charge < -0.3 is 5.32 Å². The van der Waals surface area contributed by atoms with Crippen LogP contribution in [0.4, 0.5) is 0 Å². The third kappa shape index (κ3) is 3.43. The highest BCUT2D eigenvalue weighted by atomic mass is 35.5. The molecule has 0 fully saturated rings. The molecule has 108 valence electrons. The molecule has 1 N–H and O–H groups in total. The summed E-state index contributed by atoms with van der Waals surface area (Å²) in [7, 11) is -3.27. The molecule has 3 nitrogen and oxygen atoms in total. The molecule has 0 bridgehead atoms. The highest BCUT2D eigenvalue weighted by molar-refractivity contribution is 7.92. The largest absolute Gasteiger partial charge is 0.309 e. The summed E-state index contributed by atoms with van der Waals surface area (Å²) in [5.74, 6) is 0. The van der Waals surface area contributed by atoms with Gasteiger partial charge in [-0.15, -0.1) is 0 Å². The van der Waals surface area contributed by atoms with Gasteiger partial charge in [-0.25, -0.2) is 8.42 Å². The van der Waals surface area contributed by atoms with Gasteiger partial charge in [0.25, 0.3) is 0 Å². The summed E-state index contributed by atoms with van der Waals surface area (Å²) in [6, 6.07) is 4.84. The van der Waals surface area contributed by atoms with Gasteiger partial charge in [0, 0.05) is 6.26 Å². The minimum Gasteiger partial charge on any atom is -0.309 e. The van der Waals surface area contributed by atoms with Crippen molar-refractivity contribution in [2.45, 2.75) is 31.6 Å². The predicted octanol–water partition coefficient (Wildman–Crippen LogP) is 3.47. The number of rotatable bonds is 5. The van der Waals surface area contributed by atoms with E-state index in [2.05, 4.69) is 5.32 Å². The predicted molar refractivity (Wildman–Crippen MR) is 81.8 cm³/mol. The monoisotopic (exact) mass is 323 g/mol. The van der Waals surface area contributed by atoms with Crippen molar-refractivity contribution < 1.29 is 8.42 Å². The molecule has 0 radical (unpaired) electrons. The molecular weight excluding hydrogens is 305 g/mol. The Kier molecular flexibility index (Phi) is 5.29. The first-order chi connectivity index (χ1) is 8.63. The molecule has 0 amide bonds. The fraction of sp³-hybridized carbons (Fsp3) is 0.538. The lowest BCUT2D eigenvalue weighted by Gasteiger charge is -2.34. The summed E-state index contributed by atoms with van der Waals surface area (Å²) in [5.41, 5.74) is 0.700. The molecule has 1 aromatic rings. The van der Waals surface area contributed by atoms with E-state index >= 15 is 0 Å². The molecule has 0 aromatic heterocycles. The fourth-order valence-corrected chi connectivity index (χ4v) is 2.95. The second-order valence-electron chi connectivity index (χ2n) is 5.01. The van der Waals surface area contributed by atoms with Gasteiger partial charge >= 0.3 is 0 Å². The molecule has 0 aliphatic carbocycles. The third-order valence-electron chi connectivity index (χ3n) is 3.35. The lowest BCUT2D eigenvalue weighted by atomic mass is 9.95. The van der Waals surface area contributed by atoms with Crippen LogP contribution in [-0.2, 0) is 9.84 Å². The number of halogens is 2. The Morgan fingerprint density at radius 2 is 1.89 bits per heavy atom. The van der Waals surface area contributed by atoms with Crippen LogP contribution in [0.5, 0.6) is 0 Å². The van der Waals surface area contributed by atoms with Gasteiger partial charge in [0.1, 0.15) is 0 Å². The van der Waals surface area contributed by atoms with Crippen LogP contribution in [0.2, 0.25) is 10.0 Å². The number of benzene rings is 1. The van der Waals surface area contributed by atoms with Crippen molar-refractivity contribution in [3.8, 4) is 0 Å². The highest BCUT2D eigenvalue weighted by Crippen LogP contribution is 2.38. The van der Waals surface area contributed by atoms with Gasteiger partial charge in [-0.1, -0.05) is 42.3 Å². The van der Waals surface area contributed by atoms with Crippen LogP contribution < -0.4 is 5.32 Å². The summed E-state index contributed by atoms with van der Waals surface area (Å²) < 4.78 is 23.1. The Morgan fingerprint density at radius 3 is 2.37 bits per heavy atom. The lowest BCUT2D eigenvalue weighted by molar-refractivity contribution is 0.428. The maximum atomic E-state index is 12.0. The van der Waals surface area contributed by atoms with Crippen molar-refractivity contribution in [1.82, 2.24) is 5.32 Å². The first-order valence-electron chi connectivity index (χ1n) is 5.99. The molecule has 0 aliphatic rings. The SMILES string of the molecule is CCNC(c1cccc(Cl)c1Cl)C(C)(C)S(C)(=O)=O. The molecule has 0 saturated heterocycles. The zero-order valence-electron chi connectivity index (χ0n) is 11.5. The van der Waals surface area contributed by atoms with Crippen molar-refractivity contribution in [2.24, 2.45) is 0 Å². The van der Waals surface area contributed by atoms with Gasteiger partial charge in [0.2, 0.25) is 0 Å². The number of sulfone groups is 1. The quantitative estimate of drug-likeness (QED) is 0.902. The van der Waals surface area contributed by atoms with E-state index < -0.39 is 20.6 Å². The number of hydrogen-bond acceptors (Lipinski definition) is 3. The van der Waals surface area contributed by atoms with Gasteiger partial charge in [0.15, 0.2) is 9.84 Å². The summed E-state index contributed by atoms with van der Waals surface area (Å²) in [6.45, 7) is 5.93. The zero-order chi connectivity index (χ0) is 14.8. The lowest BCUT2D eigenvalue weighted by Crippen LogP contribution is -2.45. The maximum absolute atomic E-state index is 12.0. The number of nitrogens with one attached hydrogen (secondary N) is 1. The Hall–Kier alpha value is -0.290. The maximum Gasteiger partial charge on any atom is 0.154 e. The van der Waals surface area contributed by atoms with Crippen molar-refractivity contribution in [2.75, 3.05) is 12.8 Å². The fourth-order valence-electron chi connectivity index (χ4n) is 1.89. The van der Waals surface area contributed by atoms with E-state index in [9.17, 15) is 8.42 Å². The summed E-state index contributed by atoms with van der Waals surface area (Å²) in [5, 5.41) is 4.01. The topological polar surface area (TPSA) is 46.2 Å². The Balaban J connectivity index is 3.41. The smallest absolute Gasteiger partial charge is 0.154 e. The van der Waals surface area contributed by atoms with Gasteiger partial charge in [-0.2, -0.15) is 0 Å². The Morgan fingerprint density at radius 1 is 1.32 bits per heavy atom. The average molecular weight is 324 g/mol. The normalized spacial score (nSPS) is 14.4. The zero-order valence-corrected chi connectivity index (χ0v) is 13.8. The second-order valence-corrected chi connectivity index (χ2v) is 8.39. The van der Waals surface area contributed by atoms with Crippen LogP contribution in [0, 0.1) is 0 Å². The molecule has 0 spiro atoms. The first-order valence-corrected chi connectivity index (χ1v) is 8.64. The standard InChI is InChI=1S/C13H19Cl2NO2S/c1-5-16-12(13(2,3)19(4,17)18)9-7-6-8-10(14)11(9)15/h6-8,12,16H,5H2,1-4H3. The van der Waals surface area contributed by atoms with Crippen molar-refractivity contribution in [1.29, 1.82) is 0 Å². The van der Waals surface area contributed by atoms with E-state index in [0.29, 0.717) is 22.2 Å². The summed E-state index contributed by atoms with van der Waals surface area (Å²) in [4.78, 5) is 0. The molecule has 19 heavy (non-hydrogen) atoms. The van der Waals surface area contributed by atoms with Crippen LogP contribution in [0.1, 0.15) is 32.4 Å². The van der Waals surface area contributed by atoms with Crippen molar-refractivity contribution in [3.05, 3.63) is 33.8 Å². The van der Waals surface area contributed by atoms with Crippen LogP contribution in [-0.4, -0.2) is 26.0 Å². The molecule has 1 rings (SSSR count). The molecule has 6 heteroatoms. The van der Waals surface area contributed by atoms with E-state index in [1.807, 2.05) is 6.92 Å². The van der Waals surface area contributed by atoms with Crippen molar-refractivity contribution >= 4 is 33.0 Å². The molecule has 1 aromatic carbocycles. The summed E-state index contributed by atoms with van der Waals surface area (Å²) in [6.07, 6.45) is 1.23. The molecular formula is C13H19Cl2NO2S. The number of hydrogen-bond donors (Lipinski definition) is 1. The molecule has 1 unspecified atom stereocenters. The molecule has 0 heterocycles. The molecule has 0 aliphatic heterocycles. The molecule has 0 saturated carbocycles. The van der Waals surface area contributed by atoms with Crippen LogP contribution in [0.3, 0.4) is 0 Å². The Labute approximate surface area is 125 Å². The average Bonchev–Trinajstić information content (AvgIpc) is 2.28. The van der Waals surface area contributed by atoms with Crippen LogP contribution >= 0.6 is 23.2 Å². The van der Waals surface area contributed by atoms with Gasteiger partial charge in [-0.3, -0.25) is 0 Å². The van der Waals surface area contributed by atoms with Gasteiger partial charge in [-0.05, 0) is 32.0 Å². The Bertz CT molecular complexity index is 556. The highest BCUT2D eigenvalue weighted by Gasteiger charge is 2.40. The van der Waals surface area contributed by atoms with Crippen LogP contribution in [0.25, 0.3) is 0 Å². The van der Waals surface area contributed by atoms with E-state index in [-0.39, 0.29) is 0 Å². The van der Waals surface area contributed by atoms with Crippen molar-refractivity contribution in [3.63, 3.8) is 0 Å². The van der Waals surface area contributed by atoms with E-state index in [4.69, 9.17) is 23.2 Å². The third-order valence-corrected chi connectivity index (χ3v) is 6.33.